The van der Waals surface area contributed by atoms with Crippen molar-refractivity contribution < 1.29 is 43.8 Å². The number of unbranched alkanes of at least 4 members (excludes halogenated alkanes) is 1. The minimum absolute atomic E-state index is 0.0374. The van der Waals surface area contributed by atoms with Crippen LogP contribution in [0, 0.1) is 10.8 Å². The molecule has 0 saturated heterocycles. The van der Waals surface area contributed by atoms with E-state index in [0.29, 0.717) is 25.1 Å². The highest BCUT2D eigenvalue weighted by Gasteiger charge is 2.33. The minimum Gasteiger partial charge on any atom is -0.481 e. The second kappa shape index (κ2) is 25.7. The third kappa shape index (κ3) is 20.0. The molecule has 360 valence electrons. The number of carbonyl (C=O) groups is 7. The fraction of sp³-hybridized carbons (Fsp3) is 0.458. The molecule has 4 rings (SSSR count). The van der Waals surface area contributed by atoms with Gasteiger partial charge in [0.05, 0.1) is 22.7 Å². The van der Waals surface area contributed by atoms with Gasteiger partial charge >= 0.3 is 11.9 Å². The highest BCUT2D eigenvalue weighted by molar-refractivity contribution is 5.96. The largest absolute Gasteiger partial charge is 0.481 e. The van der Waals surface area contributed by atoms with Crippen molar-refractivity contribution in [3.05, 3.63) is 102 Å². The van der Waals surface area contributed by atoms with Gasteiger partial charge in [0.1, 0.15) is 24.2 Å². The number of hydrogen-bond donors (Lipinski definition) is 10. The van der Waals surface area contributed by atoms with E-state index in [1.807, 2.05) is 72.8 Å². The smallest absolute Gasteiger partial charge is 0.308 e. The Morgan fingerprint density at radius 3 is 1.55 bits per heavy atom. The fourth-order valence-corrected chi connectivity index (χ4v) is 5.63. The van der Waals surface area contributed by atoms with E-state index in [9.17, 15) is 33.6 Å². The number of aromatic nitrogens is 2. The van der Waals surface area contributed by atoms with Crippen molar-refractivity contribution in [1.82, 2.24) is 31.2 Å². The van der Waals surface area contributed by atoms with Crippen LogP contribution < -0.4 is 38.5 Å². The lowest BCUT2D eigenvalue weighted by molar-refractivity contribution is -0.146. The zero-order valence-electron chi connectivity index (χ0n) is 39.3. The van der Waals surface area contributed by atoms with E-state index in [1.54, 1.807) is 41.5 Å². The molecule has 5 amide bonds. The van der Waals surface area contributed by atoms with Gasteiger partial charge in [-0.1, -0.05) is 72.8 Å². The Morgan fingerprint density at radius 1 is 0.621 bits per heavy atom. The summed E-state index contributed by atoms with van der Waals surface area (Å²) in [5.74, 6) is -4.70. The Morgan fingerprint density at radius 2 is 1.09 bits per heavy atom. The molecule has 1 aromatic heterocycles. The first-order chi connectivity index (χ1) is 30.7. The number of fused-ring (bicyclic) bond motifs is 1. The number of aromatic amines is 1. The summed E-state index contributed by atoms with van der Waals surface area (Å²) in [6.07, 6.45) is 4.66. The van der Waals surface area contributed by atoms with E-state index < -0.39 is 82.0 Å². The minimum atomic E-state index is -1.29. The molecule has 13 N–H and O–H groups in total. The molecule has 1 heterocycles. The molecular formula is C48H69N9O9. The summed E-state index contributed by atoms with van der Waals surface area (Å²) in [6.45, 7) is 13.4. The first-order valence-corrected chi connectivity index (χ1v) is 21.7. The third-order valence-corrected chi connectivity index (χ3v) is 9.88. The molecule has 66 heavy (non-hydrogen) atoms. The summed E-state index contributed by atoms with van der Waals surface area (Å²) in [5, 5.41) is 29.5. The predicted molar refractivity (Wildman–Crippen MR) is 252 cm³/mol. The second-order valence-electron chi connectivity index (χ2n) is 18.6. The van der Waals surface area contributed by atoms with Crippen LogP contribution in [0.15, 0.2) is 85.3 Å². The van der Waals surface area contributed by atoms with Crippen molar-refractivity contribution in [2.24, 2.45) is 28.0 Å². The molecule has 0 bridgehead atoms. The number of amides is 5. The molecule has 4 atom stereocenters. The Hall–Kier alpha value is -6.66. The van der Waals surface area contributed by atoms with E-state index in [1.165, 1.54) is 26.4 Å². The standard InChI is InChI=1S/C38H49N9O5.2C5H10O2/c1-38(2,41)37(52)47-32(21-28-22-42-23-43-28)36(51)46-31(20-25-15-16-26-12-6-7-13-27(26)18-25)35(50)45-30(19-24-10-4-3-5-11-24)34(49)44-29(33(40)48)14-8-9-17-39;2*1-5(2,3)4(6)7/h3-7,10-13,15-16,18,22-23,29-32H,8-9,14,17,19-21,39,41H2,1-2H3,(H2,40,48)(H,42,43)(H,44,49)(H,45,50)(H,46,51)(H,47,52);2*1-3H3,(H,6,7)/t29-,30+,31+,32-;;/m0../s1. The first kappa shape index (κ1) is 55.5. The van der Waals surface area contributed by atoms with Gasteiger partial charge in [0.2, 0.25) is 29.5 Å². The topological polar surface area (TPSA) is 315 Å². The average Bonchev–Trinajstić information content (AvgIpc) is 3.75. The van der Waals surface area contributed by atoms with Crippen LogP contribution in [0.5, 0.6) is 0 Å². The van der Waals surface area contributed by atoms with Crippen LogP contribution in [0.3, 0.4) is 0 Å². The highest BCUT2D eigenvalue weighted by Crippen LogP contribution is 2.18. The maximum atomic E-state index is 14.3. The van der Waals surface area contributed by atoms with Crippen molar-refractivity contribution in [1.29, 1.82) is 0 Å². The summed E-state index contributed by atoms with van der Waals surface area (Å²) in [4.78, 5) is 94.2. The Bertz CT molecular complexity index is 2190. The van der Waals surface area contributed by atoms with E-state index in [-0.39, 0.29) is 25.7 Å². The summed E-state index contributed by atoms with van der Waals surface area (Å²) >= 11 is 0. The highest BCUT2D eigenvalue weighted by atomic mass is 16.4. The third-order valence-electron chi connectivity index (χ3n) is 9.88. The van der Waals surface area contributed by atoms with Gasteiger partial charge in [-0.15, -0.1) is 0 Å². The van der Waals surface area contributed by atoms with E-state index in [0.717, 1.165) is 21.9 Å². The van der Waals surface area contributed by atoms with Crippen molar-refractivity contribution in [2.75, 3.05) is 6.54 Å². The van der Waals surface area contributed by atoms with Crippen LogP contribution in [-0.4, -0.2) is 97.9 Å². The second-order valence-corrected chi connectivity index (χ2v) is 18.6. The number of H-pyrrole nitrogens is 1. The van der Waals surface area contributed by atoms with Crippen LogP contribution >= 0.6 is 0 Å². The van der Waals surface area contributed by atoms with Gasteiger partial charge in [0.25, 0.3) is 0 Å². The van der Waals surface area contributed by atoms with Gasteiger partial charge in [-0.2, -0.15) is 0 Å². The van der Waals surface area contributed by atoms with Crippen LogP contribution in [0.1, 0.15) is 91.5 Å². The summed E-state index contributed by atoms with van der Waals surface area (Å²) in [6, 6.07) is 18.1. The molecular weight excluding hydrogens is 847 g/mol. The number of benzene rings is 3. The number of primary amides is 1. The molecule has 0 aliphatic carbocycles. The van der Waals surface area contributed by atoms with Crippen molar-refractivity contribution in [3.8, 4) is 0 Å². The molecule has 18 heteroatoms. The lowest BCUT2D eigenvalue weighted by Gasteiger charge is -2.27. The average molecular weight is 916 g/mol. The number of nitrogens with one attached hydrogen (secondary N) is 5. The van der Waals surface area contributed by atoms with Crippen molar-refractivity contribution in [3.63, 3.8) is 0 Å². The molecule has 4 aromatic rings. The van der Waals surface area contributed by atoms with Crippen LogP contribution in [0.25, 0.3) is 10.8 Å². The summed E-state index contributed by atoms with van der Waals surface area (Å²) in [5.41, 5.74) is 16.9. The van der Waals surface area contributed by atoms with E-state index in [4.69, 9.17) is 27.4 Å². The number of rotatable bonds is 19. The van der Waals surface area contributed by atoms with Crippen LogP contribution in [-0.2, 0) is 52.8 Å². The number of aliphatic carboxylic acids is 2. The van der Waals surface area contributed by atoms with Gasteiger partial charge in [0.15, 0.2) is 0 Å². The monoisotopic (exact) mass is 916 g/mol. The van der Waals surface area contributed by atoms with E-state index in [2.05, 4.69) is 31.2 Å². The van der Waals surface area contributed by atoms with Gasteiger partial charge in [-0.05, 0) is 103 Å². The number of imidazole rings is 1. The van der Waals surface area contributed by atoms with Crippen LogP contribution in [0.2, 0.25) is 0 Å². The molecule has 0 spiro atoms. The number of nitrogens with two attached hydrogens (primary N) is 3. The van der Waals surface area contributed by atoms with E-state index >= 15 is 0 Å². The molecule has 0 unspecified atom stereocenters. The lowest BCUT2D eigenvalue weighted by Crippen LogP contribution is -2.60. The molecule has 0 aliphatic heterocycles. The van der Waals surface area contributed by atoms with Gasteiger partial charge in [-0.25, -0.2) is 4.98 Å². The Labute approximate surface area is 386 Å². The fourth-order valence-electron chi connectivity index (χ4n) is 5.63. The zero-order valence-corrected chi connectivity index (χ0v) is 39.3. The van der Waals surface area contributed by atoms with Gasteiger partial charge < -0.3 is 53.7 Å². The van der Waals surface area contributed by atoms with Crippen molar-refractivity contribution in [2.45, 2.75) is 124 Å². The zero-order chi connectivity index (χ0) is 49.8. The quantitative estimate of drug-likeness (QED) is 0.0607. The van der Waals surface area contributed by atoms with Crippen LogP contribution in [0.4, 0.5) is 0 Å². The number of carbonyl (C=O) groups excluding carboxylic acids is 5. The number of carboxylic acids is 2. The van der Waals surface area contributed by atoms with Crippen molar-refractivity contribution >= 4 is 52.2 Å². The molecule has 3 aromatic carbocycles. The Kier molecular flexibility index (Phi) is 21.6. The molecule has 18 nitrogen and oxygen atoms in total. The molecule has 0 radical (unpaired) electrons. The molecule has 0 fully saturated rings. The maximum absolute atomic E-state index is 14.3. The summed E-state index contributed by atoms with van der Waals surface area (Å²) in [7, 11) is 0. The lowest BCUT2D eigenvalue weighted by atomic mass is 9.98. The Balaban J connectivity index is 0.000000923. The number of carboxylic acid groups (broad SMARTS) is 2. The van der Waals surface area contributed by atoms with Gasteiger partial charge in [0, 0.05) is 31.2 Å². The van der Waals surface area contributed by atoms with Gasteiger partial charge in [-0.3, -0.25) is 33.6 Å². The SMILES string of the molecule is CC(C)(C)C(=O)O.CC(C)(C)C(=O)O.CC(C)(N)C(=O)N[C@@H](Cc1cnc[nH]1)C(=O)N[C@H](Cc1ccc2ccccc2c1)C(=O)N[C@H](Cc1ccccc1)C(=O)N[C@@H](CCCCN)C(N)=O. The normalized spacial score (nSPS) is 13.2. The maximum Gasteiger partial charge on any atom is 0.308 e. The number of nitrogens with zero attached hydrogens (tertiary/aromatic N) is 1. The predicted octanol–water partition coefficient (Wildman–Crippen LogP) is 3.12. The summed E-state index contributed by atoms with van der Waals surface area (Å²) < 4.78 is 0. The number of hydrogen-bond acceptors (Lipinski definition) is 10. The molecule has 0 aliphatic rings. The molecule has 0 saturated carbocycles. The first-order valence-electron chi connectivity index (χ1n) is 21.7.